The zero-order valence-corrected chi connectivity index (χ0v) is 7.38. The Labute approximate surface area is 78.1 Å². The smallest absolute Gasteiger partial charge is 0.272 e. The number of H-pyrrole nitrogens is 1. The van der Waals surface area contributed by atoms with Crippen LogP contribution in [-0.2, 0) is 6.61 Å². The molecule has 1 heterocycles. The molecule has 0 bridgehead atoms. The Balaban J connectivity index is 3.39. The number of aliphatic hydroxyl groups is 1. The van der Waals surface area contributed by atoms with E-state index in [0.29, 0.717) is 0 Å². The summed E-state index contributed by atoms with van der Waals surface area (Å²) in [5, 5.41) is 8.68. The van der Waals surface area contributed by atoms with Crippen LogP contribution in [0.25, 0.3) is 0 Å². The molecule has 0 unspecified atom stereocenters. The number of alkyl halides is 2. The SMILES string of the molecule is COc1[nH]cc(CO)c(=O)c1C(F)F. The first-order valence-corrected chi connectivity index (χ1v) is 3.79. The van der Waals surface area contributed by atoms with Crippen molar-refractivity contribution in [3.63, 3.8) is 0 Å². The third kappa shape index (κ3) is 1.74. The Hall–Kier alpha value is -1.43. The van der Waals surface area contributed by atoms with Gasteiger partial charge in [-0.15, -0.1) is 0 Å². The summed E-state index contributed by atoms with van der Waals surface area (Å²) in [6, 6.07) is 0. The molecule has 1 aromatic heterocycles. The lowest BCUT2D eigenvalue weighted by Gasteiger charge is -2.07. The molecule has 0 aliphatic heterocycles. The van der Waals surface area contributed by atoms with Gasteiger partial charge in [-0.25, -0.2) is 8.78 Å². The first-order valence-electron chi connectivity index (χ1n) is 3.79. The van der Waals surface area contributed by atoms with Crippen LogP contribution in [0.1, 0.15) is 17.6 Å². The molecule has 0 amide bonds. The summed E-state index contributed by atoms with van der Waals surface area (Å²) < 4.78 is 29.4. The molecule has 1 rings (SSSR count). The van der Waals surface area contributed by atoms with E-state index in [0.717, 1.165) is 6.20 Å². The minimum atomic E-state index is -2.93. The van der Waals surface area contributed by atoms with E-state index in [2.05, 4.69) is 9.72 Å². The second-order valence-electron chi connectivity index (χ2n) is 2.55. The maximum absolute atomic E-state index is 12.4. The maximum atomic E-state index is 12.4. The molecule has 1 aromatic rings. The Morgan fingerprint density at radius 3 is 2.71 bits per heavy atom. The molecular formula is C8H9F2NO3. The number of aliphatic hydroxyl groups excluding tert-OH is 1. The van der Waals surface area contributed by atoms with Gasteiger partial charge < -0.3 is 14.8 Å². The summed E-state index contributed by atoms with van der Waals surface area (Å²) in [6.07, 6.45) is -1.78. The van der Waals surface area contributed by atoms with Gasteiger partial charge in [-0.05, 0) is 0 Å². The van der Waals surface area contributed by atoms with Gasteiger partial charge in [-0.1, -0.05) is 0 Å². The van der Waals surface area contributed by atoms with E-state index in [9.17, 15) is 13.6 Å². The number of pyridine rings is 1. The Bertz CT molecular complexity index is 375. The van der Waals surface area contributed by atoms with Gasteiger partial charge in [0.2, 0.25) is 5.88 Å². The van der Waals surface area contributed by atoms with Gasteiger partial charge in [-0.2, -0.15) is 0 Å². The summed E-state index contributed by atoms with van der Waals surface area (Å²) in [5.74, 6) is -0.276. The lowest BCUT2D eigenvalue weighted by atomic mass is 10.2. The number of methoxy groups -OCH3 is 1. The van der Waals surface area contributed by atoms with Crippen LogP contribution in [-0.4, -0.2) is 17.2 Å². The highest BCUT2D eigenvalue weighted by atomic mass is 19.3. The number of aromatic nitrogens is 1. The number of nitrogens with one attached hydrogen (secondary N) is 1. The highest BCUT2D eigenvalue weighted by Crippen LogP contribution is 2.23. The average Bonchev–Trinajstić information content (AvgIpc) is 2.16. The molecule has 0 fully saturated rings. The summed E-state index contributed by atoms with van der Waals surface area (Å²) in [6.45, 7) is -0.584. The standard InChI is InChI=1S/C8H9F2NO3/c1-14-8-5(7(9)10)6(13)4(3-12)2-11-8/h2,7,12H,3H2,1H3,(H,11,13). The Morgan fingerprint density at radius 2 is 2.29 bits per heavy atom. The fraction of sp³-hybridized carbons (Fsp3) is 0.375. The minimum absolute atomic E-state index is 0.110. The molecule has 0 saturated heterocycles. The largest absolute Gasteiger partial charge is 0.482 e. The topological polar surface area (TPSA) is 62.3 Å². The first kappa shape index (κ1) is 10.6. The predicted octanol–water partition coefficient (Wildman–Crippen LogP) is 0.813. The summed E-state index contributed by atoms with van der Waals surface area (Å²) in [4.78, 5) is 13.6. The highest BCUT2D eigenvalue weighted by molar-refractivity contribution is 5.30. The summed E-state index contributed by atoms with van der Waals surface area (Å²) in [7, 11) is 1.18. The van der Waals surface area contributed by atoms with Gasteiger partial charge in [0.1, 0.15) is 5.56 Å². The van der Waals surface area contributed by atoms with E-state index >= 15 is 0 Å². The van der Waals surface area contributed by atoms with Crippen LogP contribution in [0.4, 0.5) is 8.78 Å². The summed E-state index contributed by atoms with van der Waals surface area (Å²) in [5.41, 5.74) is -1.75. The number of hydrogen-bond donors (Lipinski definition) is 2. The van der Waals surface area contributed by atoms with E-state index in [4.69, 9.17) is 5.11 Å². The molecular weight excluding hydrogens is 196 g/mol. The second kappa shape index (κ2) is 4.19. The van der Waals surface area contributed by atoms with Crippen molar-refractivity contribution in [1.29, 1.82) is 0 Å². The molecule has 0 radical (unpaired) electrons. The van der Waals surface area contributed by atoms with Crippen molar-refractivity contribution in [2.75, 3.05) is 7.11 Å². The molecule has 0 atom stereocenters. The van der Waals surface area contributed by atoms with Crippen molar-refractivity contribution in [3.05, 3.63) is 27.5 Å². The number of ether oxygens (including phenoxy) is 1. The van der Waals surface area contributed by atoms with Crippen molar-refractivity contribution in [2.45, 2.75) is 13.0 Å². The second-order valence-corrected chi connectivity index (χ2v) is 2.55. The van der Waals surface area contributed by atoms with Crippen molar-refractivity contribution in [1.82, 2.24) is 4.98 Å². The zero-order valence-electron chi connectivity index (χ0n) is 7.38. The van der Waals surface area contributed by atoms with Crippen LogP contribution >= 0.6 is 0 Å². The van der Waals surface area contributed by atoms with Crippen molar-refractivity contribution in [2.24, 2.45) is 0 Å². The minimum Gasteiger partial charge on any atom is -0.482 e. The Morgan fingerprint density at radius 1 is 1.64 bits per heavy atom. The Kier molecular flexibility index (Phi) is 3.19. The van der Waals surface area contributed by atoms with Crippen LogP contribution in [0, 0.1) is 0 Å². The third-order valence-electron chi connectivity index (χ3n) is 1.75. The fourth-order valence-corrected chi connectivity index (χ4v) is 1.06. The quantitative estimate of drug-likeness (QED) is 0.767. The number of halogens is 2. The van der Waals surface area contributed by atoms with E-state index in [1.807, 2.05) is 0 Å². The van der Waals surface area contributed by atoms with Crippen molar-refractivity contribution >= 4 is 0 Å². The molecule has 14 heavy (non-hydrogen) atoms. The van der Waals surface area contributed by atoms with Gasteiger partial charge in [-0.3, -0.25) is 4.79 Å². The molecule has 0 spiro atoms. The van der Waals surface area contributed by atoms with Gasteiger partial charge >= 0.3 is 0 Å². The number of hydrogen-bond acceptors (Lipinski definition) is 3. The average molecular weight is 205 g/mol. The lowest BCUT2D eigenvalue weighted by molar-refractivity contribution is 0.144. The van der Waals surface area contributed by atoms with Gasteiger partial charge in [0.25, 0.3) is 6.43 Å². The molecule has 6 heteroatoms. The number of aromatic amines is 1. The molecule has 4 nitrogen and oxygen atoms in total. The van der Waals surface area contributed by atoms with E-state index in [1.165, 1.54) is 7.11 Å². The molecule has 78 valence electrons. The molecule has 0 saturated carbocycles. The first-order chi connectivity index (χ1) is 6.61. The van der Waals surface area contributed by atoms with E-state index in [1.54, 1.807) is 0 Å². The molecule has 0 aliphatic carbocycles. The van der Waals surface area contributed by atoms with E-state index < -0.39 is 24.0 Å². The summed E-state index contributed by atoms with van der Waals surface area (Å²) >= 11 is 0. The van der Waals surface area contributed by atoms with Crippen molar-refractivity contribution in [3.8, 4) is 5.88 Å². The third-order valence-corrected chi connectivity index (χ3v) is 1.75. The monoisotopic (exact) mass is 205 g/mol. The van der Waals surface area contributed by atoms with Crippen LogP contribution in [0.5, 0.6) is 5.88 Å². The van der Waals surface area contributed by atoms with Crippen LogP contribution in [0.15, 0.2) is 11.0 Å². The van der Waals surface area contributed by atoms with Crippen LogP contribution in [0.3, 0.4) is 0 Å². The van der Waals surface area contributed by atoms with E-state index in [-0.39, 0.29) is 11.4 Å². The number of rotatable bonds is 3. The maximum Gasteiger partial charge on any atom is 0.272 e. The predicted molar refractivity (Wildman–Crippen MR) is 44.5 cm³/mol. The molecule has 0 aliphatic rings. The molecule has 2 N–H and O–H groups in total. The highest BCUT2D eigenvalue weighted by Gasteiger charge is 2.20. The lowest BCUT2D eigenvalue weighted by Crippen LogP contribution is -2.17. The van der Waals surface area contributed by atoms with Crippen LogP contribution in [0.2, 0.25) is 0 Å². The fourth-order valence-electron chi connectivity index (χ4n) is 1.06. The van der Waals surface area contributed by atoms with Crippen LogP contribution < -0.4 is 10.2 Å². The zero-order chi connectivity index (χ0) is 10.7. The normalized spacial score (nSPS) is 10.6. The van der Waals surface area contributed by atoms with Crippen molar-refractivity contribution < 1.29 is 18.6 Å². The van der Waals surface area contributed by atoms with Gasteiger partial charge in [0.15, 0.2) is 5.43 Å². The van der Waals surface area contributed by atoms with Gasteiger partial charge in [0.05, 0.1) is 13.7 Å². The van der Waals surface area contributed by atoms with Gasteiger partial charge in [0, 0.05) is 11.8 Å². The molecule has 0 aromatic carbocycles.